The van der Waals surface area contributed by atoms with Gasteiger partial charge in [0.1, 0.15) is 17.7 Å². The van der Waals surface area contributed by atoms with Gasteiger partial charge in [0.25, 0.3) is 0 Å². The van der Waals surface area contributed by atoms with E-state index in [1.54, 1.807) is 20.8 Å². The Balaban J connectivity index is 2.28. The van der Waals surface area contributed by atoms with Crippen LogP contribution in [0.4, 0.5) is 4.79 Å². The third kappa shape index (κ3) is 5.24. The van der Waals surface area contributed by atoms with E-state index < -0.39 is 29.7 Å². The summed E-state index contributed by atoms with van der Waals surface area (Å²) in [6.45, 7) is 9.23. The lowest BCUT2D eigenvalue weighted by Crippen LogP contribution is -2.57. The van der Waals surface area contributed by atoms with Gasteiger partial charge in [-0.25, -0.2) is 9.59 Å². The average molecular weight is 390 g/mol. The van der Waals surface area contributed by atoms with Crippen molar-refractivity contribution >= 4 is 18.0 Å². The summed E-state index contributed by atoms with van der Waals surface area (Å²) in [4.78, 5) is 39.4. The van der Waals surface area contributed by atoms with Crippen LogP contribution in [0.2, 0.25) is 0 Å². The molecule has 2 amide bonds. The third-order valence-corrected chi connectivity index (χ3v) is 4.61. The van der Waals surface area contributed by atoms with E-state index in [9.17, 15) is 14.4 Å². The summed E-state index contributed by atoms with van der Waals surface area (Å²) < 4.78 is 10.2. The number of alkyl carbamates (subject to hydrolysis) is 1. The summed E-state index contributed by atoms with van der Waals surface area (Å²) >= 11 is 0. The van der Waals surface area contributed by atoms with Crippen LogP contribution in [-0.2, 0) is 32.0 Å². The Hall–Kier alpha value is -2.57. The zero-order chi connectivity index (χ0) is 21.1. The number of benzene rings is 1. The lowest BCUT2D eigenvalue weighted by atomic mass is 9.92. The average Bonchev–Trinajstić information content (AvgIpc) is 2.62. The Kier molecular flexibility index (Phi) is 6.69. The van der Waals surface area contributed by atoms with Crippen LogP contribution in [-0.4, -0.2) is 47.7 Å². The van der Waals surface area contributed by atoms with Crippen molar-refractivity contribution in [2.24, 2.45) is 5.92 Å². The summed E-state index contributed by atoms with van der Waals surface area (Å²) in [6, 6.07) is 6.16. The molecule has 1 aromatic carbocycles. The fraction of sp³-hybridized carbons (Fsp3) is 0.571. The largest absolute Gasteiger partial charge is 0.467 e. The minimum Gasteiger partial charge on any atom is -0.467 e. The molecule has 1 aliphatic rings. The summed E-state index contributed by atoms with van der Waals surface area (Å²) in [5, 5.41) is 2.67. The number of fused-ring (bicyclic) bond motifs is 1. The number of hydrogen-bond donors (Lipinski definition) is 1. The van der Waals surface area contributed by atoms with E-state index in [4.69, 9.17) is 9.47 Å². The van der Waals surface area contributed by atoms with Gasteiger partial charge in [0, 0.05) is 13.0 Å². The number of ether oxygens (including phenoxy) is 2. The smallest absolute Gasteiger partial charge is 0.408 e. The van der Waals surface area contributed by atoms with Crippen molar-refractivity contribution < 1.29 is 23.9 Å². The lowest BCUT2D eigenvalue weighted by Gasteiger charge is -2.38. The van der Waals surface area contributed by atoms with Crippen LogP contribution in [0.15, 0.2) is 24.3 Å². The van der Waals surface area contributed by atoms with Crippen LogP contribution in [0.5, 0.6) is 0 Å². The molecule has 154 valence electrons. The predicted octanol–water partition coefficient (Wildman–Crippen LogP) is 2.66. The van der Waals surface area contributed by atoms with E-state index in [-0.39, 0.29) is 18.4 Å². The lowest BCUT2D eigenvalue weighted by molar-refractivity contribution is -0.155. The molecular weight excluding hydrogens is 360 g/mol. The minimum atomic E-state index is -0.813. The Morgan fingerprint density at radius 2 is 1.75 bits per heavy atom. The van der Waals surface area contributed by atoms with Crippen LogP contribution in [0.3, 0.4) is 0 Å². The monoisotopic (exact) mass is 390 g/mol. The normalized spacial score (nSPS) is 17.5. The maximum absolute atomic E-state index is 13.3. The molecule has 0 unspecified atom stereocenters. The zero-order valence-corrected chi connectivity index (χ0v) is 17.4. The number of methoxy groups -OCH3 is 1. The Morgan fingerprint density at radius 1 is 1.14 bits per heavy atom. The van der Waals surface area contributed by atoms with Gasteiger partial charge in [-0.2, -0.15) is 0 Å². The Labute approximate surface area is 166 Å². The second-order valence-corrected chi connectivity index (χ2v) is 8.35. The van der Waals surface area contributed by atoms with E-state index in [0.29, 0.717) is 6.42 Å². The predicted molar refractivity (Wildman–Crippen MR) is 104 cm³/mol. The first-order chi connectivity index (χ1) is 13.0. The Morgan fingerprint density at radius 3 is 2.29 bits per heavy atom. The molecule has 1 aromatic rings. The van der Waals surface area contributed by atoms with Gasteiger partial charge in [-0.05, 0) is 37.8 Å². The number of carbonyl (C=O) groups excluding carboxylic acids is 3. The van der Waals surface area contributed by atoms with Crippen LogP contribution < -0.4 is 5.32 Å². The number of hydrogen-bond acceptors (Lipinski definition) is 5. The summed E-state index contributed by atoms with van der Waals surface area (Å²) in [6.07, 6.45) is -0.280. The molecule has 1 heterocycles. The number of esters is 1. The van der Waals surface area contributed by atoms with Crippen molar-refractivity contribution in [2.45, 2.75) is 65.3 Å². The highest BCUT2D eigenvalue weighted by Crippen LogP contribution is 2.25. The molecular formula is C21H30N2O5. The second-order valence-electron chi connectivity index (χ2n) is 8.35. The molecule has 7 heteroatoms. The van der Waals surface area contributed by atoms with Gasteiger partial charge in [-0.15, -0.1) is 0 Å². The van der Waals surface area contributed by atoms with Crippen molar-refractivity contribution in [3.8, 4) is 0 Å². The maximum Gasteiger partial charge on any atom is 0.408 e. The van der Waals surface area contributed by atoms with E-state index in [0.717, 1.165) is 11.1 Å². The first-order valence-corrected chi connectivity index (χ1v) is 9.48. The number of rotatable bonds is 4. The highest BCUT2D eigenvalue weighted by molar-refractivity contribution is 5.90. The van der Waals surface area contributed by atoms with Crippen molar-refractivity contribution in [3.63, 3.8) is 0 Å². The highest BCUT2D eigenvalue weighted by atomic mass is 16.6. The topological polar surface area (TPSA) is 84.9 Å². The van der Waals surface area contributed by atoms with Gasteiger partial charge in [-0.3, -0.25) is 4.79 Å². The standard InChI is InChI=1S/C21H30N2O5/c1-13(2)17(22-20(26)28-21(3,4)5)18(24)23-12-15-10-8-7-9-14(15)11-16(23)19(25)27-6/h7-10,13,16-17H,11-12H2,1-6H3,(H,22,26)/t16-,17-/m0/s1. The molecule has 0 bridgehead atoms. The second kappa shape index (κ2) is 8.63. The number of carbonyl (C=O) groups is 3. The zero-order valence-electron chi connectivity index (χ0n) is 17.4. The van der Waals surface area contributed by atoms with E-state index in [2.05, 4.69) is 5.32 Å². The number of nitrogens with zero attached hydrogens (tertiary/aromatic N) is 1. The fourth-order valence-electron chi connectivity index (χ4n) is 3.23. The Bertz CT molecular complexity index is 739. The summed E-state index contributed by atoms with van der Waals surface area (Å²) in [7, 11) is 1.31. The van der Waals surface area contributed by atoms with Gasteiger partial charge >= 0.3 is 12.1 Å². The molecule has 2 rings (SSSR count). The molecule has 0 aromatic heterocycles. The third-order valence-electron chi connectivity index (χ3n) is 4.61. The summed E-state index contributed by atoms with van der Waals surface area (Å²) in [5.41, 5.74) is 1.33. The van der Waals surface area contributed by atoms with Crippen molar-refractivity contribution in [2.75, 3.05) is 7.11 Å². The summed E-state index contributed by atoms with van der Waals surface area (Å²) in [5.74, 6) is -0.983. The molecule has 0 fully saturated rings. The molecule has 0 saturated heterocycles. The molecule has 2 atom stereocenters. The first-order valence-electron chi connectivity index (χ1n) is 9.48. The van der Waals surface area contributed by atoms with Gasteiger partial charge < -0.3 is 19.7 Å². The molecule has 0 radical (unpaired) electrons. The van der Waals surface area contributed by atoms with Gasteiger partial charge in [-0.1, -0.05) is 38.1 Å². The highest BCUT2D eigenvalue weighted by Gasteiger charge is 2.39. The van der Waals surface area contributed by atoms with E-state index in [1.165, 1.54) is 12.0 Å². The van der Waals surface area contributed by atoms with Crippen molar-refractivity contribution in [1.82, 2.24) is 10.2 Å². The van der Waals surface area contributed by atoms with Crippen molar-refractivity contribution in [1.29, 1.82) is 0 Å². The van der Waals surface area contributed by atoms with Crippen LogP contribution >= 0.6 is 0 Å². The van der Waals surface area contributed by atoms with E-state index >= 15 is 0 Å². The minimum absolute atomic E-state index is 0.185. The fourth-order valence-corrected chi connectivity index (χ4v) is 3.23. The van der Waals surface area contributed by atoms with Gasteiger partial charge in [0.05, 0.1) is 7.11 Å². The van der Waals surface area contributed by atoms with Crippen LogP contribution in [0.25, 0.3) is 0 Å². The quantitative estimate of drug-likeness (QED) is 0.799. The van der Waals surface area contributed by atoms with Crippen LogP contribution in [0.1, 0.15) is 45.7 Å². The van der Waals surface area contributed by atoms with Crippen LogP contribution in [0, 0.1) is 5.92 Å². The number of nitrogens with one attached hydrogen (secondary N) is 1. The van der Waals surface area contributed by atoms with E-state index in [1.807, 2.05) is 38.1 Å². The van der Waals surface area contributed by atoms with Gasteiger partial charge in [0.15, 0.2) is 0 Å². The molecule has 0 spiro atoms. The van der Waals surface area contributed by atoms with Gasteiger partial charge in [0.2, 0.25) is 5.91 Å². The molecule has 7 nitrogen and oxygen atoms in total. The van der Waals surface area contributed by atoms with Crippen molar-refractivity contribution in [3.05, 3.63) is 35.4 Å². The first kappa shape index (κ1) is 21.7. The number of amides is 2. The maximum atomic E-state index is 13.3. The molecule has 1 aliphatic heterocycles. The molecule has 0 saturated carbocycles. The molecule has 0 aliphatic carbocycles. The molecule has 28 heavy (non-hydrogen) atoms. The SMILES string of the molecule is COC(=O)[C@@H]1Cc2ccccc2CN1C(=O)[C@@H](NC(=O)OC(C)(C)C)C(C)C. The molecule has 1 N–H and O–H groups in total.